The fourth-order valence-electron chi connectivity index (χ4n) is 4.06. The smallest absolute Gasteiger partial charge is 0.135 e. The molecule has 0 aromatic rings. The van der Waals surface area contributed by atoms with Gasteiger partial charge in [0, 0.05) is 12.3 Å². The van der Waals surface area contributed by atoms with Crippen LogP contribution in [0.25, 0.3) is 0 Å². The van der Waals surface area contributed by atoms with Crippen molar-refractivity contribution in [3.63, 3.8) is 0 Å². The first-order valence-electron chi connectivity index (χ1n) is 7.73. The van der Waals surface area contributed by atoms with Gasteiger partial charge in [-0.15, -0.1) is 0 Å². The Hall–Kier alpha value is -0.330. The minimum Gasteiger partial charge on any atom is -0.299 e. The maximum atomic E-state index is 11.6. The third-order valence-corrected chi connectivity index (χ3v) is 5.22. The third-order valence-electron chi connectivity index (χ3n) is 5.22. The Morgan fingerprint density at radius 1 is 1.06 bits per heavy atom. The molecular weight excluding hydrogens is 208 g/mol. The number of rotatable bonds is 3. The van der Waals surface area contributed by atoms with Gasteiger partial charge in [0.1, 0.15) is 5.78 Å². The van der Waals surface area contributed by atoms with Crippen molar-refractivity contribution in [1.82, 2.24) is 0 Å². The zero-order chi connectivity index (χ0) is 12.3. The van der Waals surface area contributed by atoms with E-state index in [1.54, 1.807) is 0 Å². The highest BCUT2D eigenvalue weighted by atomic mass is 16.1. The topological polar surface area (TPSA) is 17.1 Å². The molecule has 2 rings (SSSR count). The molecule has 0 heterocycles. The van der Waals surface area contributed by atoms with Crippen molar-refractivity contribution in [2.24, 2.45) is 23.7 Å². The zero-order valence-corrected chi connectivity index (χ0v) is 11.6. The van der Waals surface area contributed by atoms with Gasteiger partial charge in [0.05, 0.1) is 0 Å². The molecule has 2 atom stereocenters. The first-order chi connectivity index (χ1) is 8.20. The molecule has 17 heavy (non-hydrogen) atoms. The number of hydrogen-bond acceptors (Lipinski definition) is 1. The maximum Gasteiger partial charge on any atom is 0.135 e. The summed E-state index contributed by atoms with van der Waals surface area (Å²) in [5, 5.41) is 0. The summed E-state index contributed by atoms with van der Waals surface area (Å²) >= 11 is 0. The van der Waals surface area contributed by atoms with Gasteiger partial charge in [0.15, 0.2) is 0 Å². The summed E-state index contributed by atoms with van der Waals surface area (Å²) in [5.74, 6) is 3.69. The molecule has 0 amide bonds. The first kappa shape index (κ1) is 13.1. The Labute approximate surface area is 106 Å². The van der Waals surface area contributed by atoms with Gasteiger partial charge < -0.3 is 0 Å². The predicted molar refractivity (Wildman–Crippen MR) is 71.9 cm³/mol. The standard InChI is InChI=1S/C16H28O/c1-3-4-13-5-7-14(8-6-13)15-9-10-16(17)12(2)11-15/h12-15H,3-11H2,1-2H3/t12?,13-,14-,15?. The molecular formula is C16H28O. The van der Waals surface area contributed by atoms with Gasteiger partial charge in [-0.05, 0) is 43.4 Å². The molecule has 2 saturated carbocycles. The molecule has 0 saturated heterocycles. The Morgan fingerprint density at radius 2 is 1.76 bits per heavy atom. The van der Waals surface area contributed by atoms with Gasteiger partial charge in [-0.3, -0.25) is 4.79 Å². The lowest BCUT2D eigenvalue weighted by atomic mass is 9.68. The van der Waals surface area contributed by atoms with Crippen LogP contribution in [0.5, 0.6) is 0 Å². The van der Waals surface area contributed by atoms with E-state index in [0.717, 1.165) is 24.2 Å². The molecule has 98 valence electrons. The van der Waals surface area contributed by atoms with Crippen molar-refractivity contribution in [3.05, 3.63) is 0 Å². The van der Waals surface area contributed by atoms with E-state index in [1.807, 2.05) is 0 Å². The average Bonchev–Trinajstić information content (AvgIpc) is 2.34. The average molecular weight is 236 g/mol. The van der Waals surface area contributed by atoms with E-state index in [2.05, 4.69) is 13.8 Å². The molecule has 0 aromatic carbocycles. The van der Waals surface area contributed by atoms with Gasteiger partial charge in [-0.1, -0.05) is 39.5 Å². The highest BCUT2D eigenvalue weighted by Gasteiger charge is 2.32. The lowest BCUT2D eigenvalue weighted by Gasteiger charge is -2.37. The second kappa shape index (κ2) is 6.02. The Kier molecular flexibility index (Phi) is 4.64. The molecule has 0 aliphatic heterocycles. The molecule has 2 fully saturated rings. The second-order valence-corrected chi connectivity index (χ2v) is 6.47. The summed E-state index contributed by atoms with van der Waals surface area (Å²) in [6.07, 6.45) is 11.8. The van der Waals surface area contributed by atoms with Crippen LogP contribution in [-0.2, 0) is 4.79 Å². The summed E-state index contributed by atoms with van der Waals surface area (Å²) in [6.45, 7) is 4.44. The summed E-state index contributed by atoms with van der Waals surface area (Å²) in [4.78, 5) is 11.6. The van der Waals surface area contributed by atoms with Crippen molar-refractivity contribution in [3.8, 4) is 0 Å². The number of carbonyl (C=O) groups excluding carboxylic acids is 1. The minimum atomic E-state index is 0.349. The van der Waals surface area contributed by atoms with Crippen molar-refractivity contribution >= 4 is 5.78 Å². The Bertz CT molecular complexity index is 250. The Morgan fingerprint density at radius 3 is 2.35 bits per heavy atom. The molecule has 0 bridgehead atoms. The minimum absolute atomic E-state index is 0.349. The number of ketones is 1. The largest absolute Gasteiger partial charge is 0.299 e. The lowest BCUT2D eigenvalue weighted by molar-refractivity contribution is -0.125. The molecule has 2 aliphatic carbocycles. The van der Waals surface area contributed by atoms with E-state index in [-0.39, 0.29) is 0 Å². The van der Waals surface area contributed by atoms with Crippen LogP contribution in [-0.4, -0.2) is 5.78 Å². The van der Waals surface area contributed by atoms with Crippen LogP contribution in [0, 0.1) is 23.7 Å². The summed E-state index contributed by atoms with van der Waals surface area (Å²) in [6, 6.07) is 0. The van der Waals surface area contributed by atoms with Gasteiger partial charge in [0.2, 0.25) is 0 Å². The summed E-state index contributed by atoms with van der Waals surface area (Å²) in [5.41, 5.74) is 0. The van der Waals surface area contributed by atoms with Gasteiger partial charge >= 0.3 is 0 Å². The Balaban J connectivity index is 1.79. The molecule has 0 N–H and O–H groups in total. The van der Waals surface area contributed by atoms with Crippen molar-refractivity contribution < 1.29 is 4.79 Å². The van der Waals surface area contributed by atoms with Crippen LogP contribution in [0.4, 0.5) is 0 Å². The molecule has 2 aliphatic rings. The van der Waals surface area contributed by atoms with E-state index >= 15 is 0 Å². The maximum absolute atomic E-state index is 11.6. The van der Waals surface area contributed by atoms with E-state index in [9.17, 15) is 4.79 Å². The molecule has 1 heteroatoms. The van der Waals surface area contributed by atoms with Crippen molar-refractivity contribution in [1.29, 1.82) is 0 Å². The highest BCUT2D eigenvalue weighted by Crippen LogP contribution is 2.41. The van der Waals surface area contributed by atoms with E-state index < -0.39 is 0 Å². The van der Waals surface area contributed by atoms with Crippen LogP contribution in [0.2, 0.25) is 0 Å². The summed E-state index contributed by atoms with van der Waals surface area (Å²) in [7, 11) is 0. The van der Waals surface area contributed by atoms with Crippen LogP contribution < -0.4 is 0 Å². The molecule has 0 aromatic heterocycles. The third kappa shape index (κ3) is 3.33. The summed E-state index contributed by atoms with van der Waals surface area (Å²) < 4.78 is 0. The molecule has 0 radical (unpaired) electrons. The quantitative estimate of drug-likeness (QED) is 0.700. The SMILES string of the molecule is CCC[C@H]1CC[C@H](C2CCC(=O)C(C)C2)CC1. The van der Waals surface area contributed by atoms with Crippen LogP contribution in [0.3, 0.4) is 0 Å². The van der Waals surface area contributed by atoms with Crippen LogP contribution >= 0.6 is 0 Å². The van der Waals surface area contributed by atoms with Gasteiger partial charge in [-0.2, -0.15) is 0 Å². The predicted octanol–water partition coefficient (Wildman–Crippen LogP) is 4.60. The number of hydrogen-bond donors (Lipinski definition) is 0. The normalized spacial score (nSPS) is 39.3. The lowest BCUT2D eigenvalue weighted by Crippen LogP contribution is -2.29. The zero-order valence-electron chi connectivity index (χ0n) is 11.6. The second-order valence-electron chi connectivity index (χ2n) is 6.47. The van der Waals surface area contributed by atoms with E-state index in [0.29, 0.717) is 11.7 Å². The van der Waals surface area contributed by atoms with Crippen molar-refractivity contribution in [2.45, 2.75) is 71.6 Å². The molecule has 2 unspecified atom stereocenters. The van der Waals surface area contributed by atoms with Gasteiger partial charge in [0.25, 0.3) is 0 Å². The number of carbonyl (C=O) groups is 1. The number of Topliss-reactive ketones (excluding diaryl/α,β-unsaturated/α-hetero) is 1. The van der Waals surface area contributed by atoms with Gasteiger partial charge in [-0.25, -0.2) is 0 Å². The monoisotopic (exact) mass is 236 g/mol. The fraction of sp³-hybridized carbons (Fsp3) is 0.938. The first-order valence-corrected chi connectivity index (χ1v) is 7.73. The van der Waals surface area contributed by atoms with Crippen LogP contribution in [0.1, 0.15) is 71.6 Å². The highest BCUT2D eigenvalue weighted by molar-refractivity contribution is 5.81. The molecule has 0 spiro atoms. The van der Waals surface area contributed by atoms with Crippen LogP contribution in [0.15, 0.2) is 0 Å². The molecule has 1 nitrogen and oxygen atoms in total. The fourth-order valence-corrected chi connectivity index (χ4v) is 4.06. The van der Waals surface area contributed by atoms with Crippen molar-refractivity contribution in [2.75, 3.05) is 0 Å². The van der Waals surface area contributed by atoms with E-state index in [4.69, 9.17) is 0 Å². The van der Waals surface area contributed by atoms with E-state index in [1.165, 1.54) is 51.4 Å².